The fourth-order valence-corrected chi connectivity index (χ4v) is 5.27. The predicted molar refractivity (Wildman–Crippen MR) is 114 cm³/mol. The van der Waals surface area contributed by atoms with E-state index in [1.807, 2.05) is 12.3 Å². The molecule has 2 aromatic rings. The molecule has 1 N–H and O–H groups in total. The van der Waals surface area contributed by atoms with Gasteiger partial charge in [0.2, 0.25) is 10.0 Å². The minimum atomic E-state index is -3.64. The van der Waals surface area contributed by atoms with E-state index in [-0.39, 0.29) is 21.4 Å². The molecule has 0 bridgehead atoms. The fourth-order valence-electron chi connectivity index (χ4n) is 2.77. The predicted octanol–water partition coefficient (Wildman–Crippen LogP) is 3.89. The molecule has 0 aliphatic carbocycles. The van der Waals surface area contributed by atoms with Crippen molar-refractivity contribution in [3.63, 3.8) is 0 Å². The summed E-state index contributed by atoms with van der Waals surface area (Å²) in [5, 5.41) is 6.17. The summed E-state index contributed by atoms with van der Waals surface area (Å²) >= 11 is 7.78. The Morgan fingerprint density at radius 2 is 1.96 bits per heavy atom. The van der Waals surface area contributed by atoms with Crippen molar-refractivity contribution in [2.45, 2.75) is 44.9 Å². The number of carbonyl (C=O) groups excluding carboxylic acids is 1. The molecule has 28 heavy (non-hydrogen) atoms. The number of nitrogens with one attached hydrogen (secondary N) is 1. The van der Waals surface area contributed by atoms with Crippen LogP contribution in [0, 0.1) is 6.92 Å². The molecule has 0 unspecified atom stereocenters. The van der Waals surface area contributed by atoms with Gasteiger partial charge in [-0.25, -0.2) is 13.4 Å². The lowest BCUT2D eigenvalue weighted by Gasteiger charge is -2.19. The number of nitrogens with zero attached hydrogens (tertiary/aromatic N) is 2. The van der Waals surface area contributed by atoms with E-state index in [0.29, 0.717) is 19.6 Å². The summed E-state index contributed by atoms with van der Waals surface area (Å²) < 4.78 is 26.7. The Bertz CT molecular complexity index is 909. The Labute approximate surface area is 176 Å². The highest BCUT2D eigenvalue weighted by Crippen LogP contribution is 2.23. The average Bonchev–Trinajstić information content (AvgIpc) is 3.07. The van der Waals surface area contributed by atoms with E-state index in [0.717, 1.165) is 30.0 Å². The molecule has 1 aromatic heterocycles. The monoisotopic (exact) mass is 443 g/mol. The molecule has 0 fully saturated rings. The minimum absolute atomic E-state index is 0.0740. The van der Waals surface area contributed by atoms with Crippen LogP contribution in [0.1, 0.15) is 47.7 Å². The number of rotatable bonds is 10. The van der Waals surface area contributed by atoms with Crippen molar-refractivity contribution in [2.75, 3.05) is 19.6 Å². The zero-order valence-corrected chi connectivity index (χ0v) is 18.8. The van der Waals surface area contributed by atoms with Gasteiger partial charge in [0.05, 0.1) is 20.5 Å². The number of benzene rings is 1. The van der Waals surface area contributed by atoms with Crippen LogP contribution in [0.2, 0.25) is 5.02 Å². The number of sulfonamides is 1. The Kier molecular flexibility index (Phi) is 8.42. The van der Waals surface area contributed by atoms with Gasteiger partial charge in [0.15, 0.2) is 0 Å². The first-order valence-corrected chi connectivity index (χ1v) is 12.0. The second-order valence-corrected chi connectivity index (χ2v) is 9.61. The van der Waals surface area contributed by atoms with Crippen LogP contribution < -0.4 is 5.32 Å². The van der Waals surface area contributed by atoms with Crippen molar-refractivity contribution in [3.8, 4) is 0 Å². The van der Waals surface area contributed by atoms with E-state index in [4.69, 9.17) is 11.6 Å². The molecular weight excluding hydrogens is 418 g/mol. The standard InChI is InChI=1S/C19H26ClN3O3S2/c1-4-23(5-2)28(25,26)15-9-10-17(20)16(12-15)19(24)21-11-7-6-8-18-22-14(3)13-27-18/h9-10,12-13H,4-8,11H2,1-3H3,(H,21,24). The summed E-state index contributed by atoms with van der Waals surface area (Å²) in [6.07, 6.45) is 2.60. The lowest BCUT2D eigenvalue weighted by molar-refractivity contribution is 0.0953. The molecule has 0 aliphatic rings. The van der Waals surface area contributed by atoms with E-state index in [1.54, 1.807) is 25.2 Å². The molecule has 0 saturated heterocycles. The Balaban J connectivity index is 1.97. The van der Waals surface area contributed by atoms with Gasteiger partial charge in [-0.2, -0.15) is 4.31 Å². The maximum Gasteiger partial charge on any atom is 0.252 e. The van der Waals surface area contributed by atoms with Gasteiger partial charge in [0.25, 0.3) is 5.91 Å². The van der Waals surface area contributed by atoms with Crippen molar-refractivity contribution in [3.05, 3.63) is 44.9 Å². The van der Waals surface area contributed by atoms with Gasteiger partial charge in [0, 0.05) is 30.7 Å². The van der Waals surface area contributed by atoms with Gasteiger partial charge < -0.3 is 5.32 Å². The van der Waals surface area contributed by atoms with Crippen LogP contribution >= 0.6 is 22.9 Å². The Morgan fingerprint density at radius 1 is 1.25 bits per heavy atom. The maximum atomic E-state index is 12.7. The van der Waals surface area contributed by atoms with E-state index in [1.165, 1.54) is 22.5 Å². The van der Waals surface area contributed by atoms with Crippen LogP contribution in [-0.2, 0) is 16.4 Å². The molecule has 154 valence electrons. The summed E-state index contributed by atoms with van der Waals surface area (Å²) in [5.41, 5.74) is 1.20. The number of hydrogen-bond donors (Lipinski definition) is 1. The van der Waals surface area contributed by atoms with Crippen LogP contribution in [0.15, 0.2) is 28.5 Å². The summed E-state index contributed by atoms with van der Waals surface area (Å²) in [7, 11) is -3.64. The molecular formula is C19H26ClN3O3S2. The van der Waals surface area contributed by atoms with Gasteiger partial charge in [-0.05, 0) is 44.4 Å². The molecule has 0 atom stereocenters. The van der Waals surface area contributed by atoms with Gasteiger partial charge in [-0.1, -0.05) is 25.4 Å². The van der Waals surface area contributed by atoms with E-state index >= 15 is 0 Å². The molecule has 0 aliphatic heterocycles. The minimum Gasteiger partial charge on any atom is -0.352 e. The summed E-state index contributed by atoms with van der Waals surface area (Å²) in [4.78, 5) is 17.0. The first kappa shape index (κ1) is 22.8. The highest BCUT2D eigenvalue weighted by atomic mass is 35.5. The molecule has 0 spiro atoms. The lowest BCUT2D eigenvalue weighted by atomic mass is 10.2. The van der Waals surface area contributed by atoms with Crippen LogP contribution in [0.3, 0.4) is 0 Å². The normalized spacial score (nSPS) is 11.8. The molecule has 0 radical (unpaired) electrons. The van der Waals surface area contributed by atoms with Gasteiger partial charge in [-0.3, -0.25) is 4.79 Å². The number of aromatic nitrogens is 1. The van der Waals surface area contributed by atoms with E-state index in [9.17, 15) is 13.2 Å². The third-order valence-electron chi connectivity index (χ3n) is 4.30. The smallest absolute Gasteiger partial charge is 0.252 e. The van der Waals surface area contributed by atoms with Crippen LogP contribution in [0.25, 0.3) is 0 Å². The van der Waals surface area contributed by atoms with Gasteiger partial charge in [0.1, 0.15) is 0 Å². The SMILES string of the molecule is CCN(CC)S(=O)(=O)c1ccc(Cl)c(C(=O)NCCCCc2nc(C)cs2)c1. The zero-order valence-electron chi connectivity index (χ0n) is 16.4. The van der Waals surface area contributed by atoms with Crippen LogP contribution in [-0.4, -0.2) is 43.2 Å². The third-order valence-corrected chi connectivity index (χ3v) is 7.70. The largest absolute Gasteiger partial charge is 0.352 e. The third kappa shape index (κ3) is 5.76. The summed E-state index contributed by atoms with van der Waals surface area (Å²) in [6.45, 7) is 6.74. The Morgan fingerprint density at radius 3 is 2.57 bits per heavy atom. The second-order valence-electron chi connectivity index (χ2n) is 6.33. The number of halogens is 1. The molecule has 0 saturated carbocycles. The summed E-state index contributed by atoms with van der Waals surface area (Å²) in [6, 6.07) is 4.24. The van der Waals surface area contributed by atoms with E-state index in [2.05, 4.69) is 10.3 Å². The zero-order chi connectivity index (χ0) is 20.7. The molecule has 9 heteroatoms. The van der Waals surface area contributed by atoms with Crippen molar-refractivity contribution in [1.29, 1.82) is 0 Å². The van der Waals surface area contributed by atoms with Crippen molar-refractivity contribution in [2.24, 2.45) is 0 Å². The number of hydrogen-bond acceptors (Lipinski definition) is 5. The molecule has 6 nitrogen and oxygen atoms in total. The highest BCUT2D eigenvalue weighted by molar-refractivity contribution is 7.89. The molecule has 2 rings (SSSR count). The number of unbranched alkanes of at least 4 members (excludes halogenated alkanes) is 1. The van der Waals surface area contributed by atoms with Gasteiger partial charge in [-0.15, -0.1) is 11.3 Å². The van der Waals surface area contributed by atoms with E-state index < -0.39 is 10.0 Å². The van der Waals surface area contributed by atoms with Crippen LogP contribution in [0.4, 0.5) is 0 Å². The molecule has 1 heterocycles. The number of thiazole rings is 1. The topological polar surface area (TPSA) is 79.4 Å². The first-order chi connectivity index (χ1) is 13.3. The molecule has 1 aromatic carbocycles. The maximum absolute atomic E-state index is 12.7. The number of amides is 1. The number of carbonyl (C=O) groups is 1. The van der Waals surface area contributed by atoms with Crippen molar-refractivity contribution in [1.82, 2.24) is 14.6 Å². The first-order valence-electron chi connectivity index (χ1n) is 9.28. The van der Waals surface area contributed by atoms with Crippen molar-refractivity contribution >= 4 is 38.9 Å². The van der Waals surface area contributed by atoms with Crippen LogP contribution in [0.5, 0.6) is 0 Å². The number of aryl methyl sites for hydroxylation is 2. The second kappa shape index (κ2) is 10.3. The lowest BCUT2D eigenvalue weighted by Crippen LogP contribution is -2.31. The highest BCUT2D eigenvalue weighted by Gasteiger charge is 2.23. The van der Waals surface area contributed by atoms with Gasteiger partial charge >= 0.3 is 0 Å². The Hall–Kier alpha value is -1.48. The van der Waals surface area contributed by atoms with Crippen molar-refractivity contribution < 1.29 is 13.2 Å². The quantitative estimate of drug-likeness (QED) is 0.565. The fraction of sp³-hybridized carbons (Fsp3) is 0.474. The molecule has 1 amide bonds. The summed E-state index contributed by atoms with van der Waals surface area (Å²) in [5.74, 6) is -0.369. The average molecular weight is 444 g/mol.